The lowest BCUT2D eigenvalue weighted by Gasteiger charge is -2.09. The molecule has 72 valence electrons. The third-order valence-electron chi connectivity index (χ3n) is 1.96. The third-order valence-corrected chi connectivity index (χ3v) is 3.71. The molecule has 0 bridgehead atoms. The van der Waals surface area contributed by atoms with Crippen LogP contribution in [0.4, 0.5) is 0 Å². The van der Waals surface area contributed by atoms with Gasteiger partial charge < -0.3 is 5.11 Å². The zero-order valence-corrected chi connectivity index (χ0v) is 9.62. The van der Waals surface area contributed by atoms with E-state index in [0.717, 1.165) is 15.6 Å². The minimum atomic E-state index is -0.571. The second-order valence-corrected chi connectivity index (χ2v) is 4.46. The van der Waals surface area contributed by atoms with Crippen LogP contribution in [0, 0.1) is 0 Å². The van der Waals surface area contributed by atoms with Crippen molar-refractivity contribution < 1.29 is 5.11 Å². The fraction of sp³-hybridized carbons (Fsp3) is 0.100. The molecule has 0 aliphatic rings. The van der Waals surface area contributed by atoms with Crippen LogP contribution in [0.15, 0.2) is 39.8 Å². The summed E-state index contributed by atoms with van der Waals surface area (Å²) in [6, 6.07) is 3.63. The molecule has 2 nitrogen and oxygen atoms in total. The monoisotopic (exact) mass is 269 g/mol. The van der Waals surface area contributed by atoms with Crippen LogP contribution in [0.3, 0.4) is 0 Å². The number of hydrogen-bond acceptors (Lipinski definition) is 3. The Morgan fingerprint density at radius 2 is 2.00 bits per heavy atom. The van der Waals surface area contributed by atoms with Crippen LogP contribution in [0.25, 0.3) is 0 Å². The molecule has 0 spiro atoms. The van der Waals surface area contributed by atoms with Crippen LogP contribution < -0.4 is 0 Å². The number of aromatic nitrogens is 1. The van der Waals surface area contributed by atoms with E-state index in [-0.39, 0.29) is 0 Å². The maximum atomic E-state index is 10.0. The zero-order chi connectivity index (χ0) is 9.97. The van der Waals surface area contributed by atoms with Crippen LogP contribution in [-0.4, -0.2) is 10.1 Å². The Bertz CT molecular complexity index is 415. The van der Waals surface area contributed by atoms with E-state index in [1.807, 2.05) is 22.9 Å². The molecule has 1 atom stereocenters. The summed E-state index contributed by atoms with van der Waals surface area (Å²) in [5.74, 6) is 0. The molecule has 1 unspecified atom stereocenters. The van der Waals surface area contributed by atoms with Crippen molar-refractivity contribution in [3.8, 4) is 0 Å². The second kappa shape index (κ2) is 4.21. The first-order chi connectivity index (χ1) is 6.79. The minimum absolute atomic E-state index is 0.571. The van der Waals surface area contributed by atoms with E-state index in [0.29, 0.717) is 0 Å². The number of nitrogens with zero attached hydrogens (tertiary/aromatic N) is 1. The summed E-state index contributed by atoms with van der Waals surface area (Å²) in [6.07, 6.45) is 2.79. The molecule has 2 heterocycles. The Balaban J connectivity index is 2.34. The molecular weight excluding hydrogens is 262 g/mol. The van der Waals surface area contributed by atoms with E-state index in [9.17, 15) is 5.11 Å². The molecular formula is C10H8BrNOS. The van der Waals surface area contributed by atoms with Gasteiger partial charge in [-0.3, -0.25) is 4.98 Å². The number of hydrogen-bond donors (Lipinski definition) is 1. The van der Waals surface area contributed by atoms with Crippen molar-refractivity contribution in [3.05, 3.63) is 50.9 Å². The van der Waals surface area contributed by atoms with Gasteiger partial charge in [0.05, 0.1) is 0 Å². The predicted molar refractivity (Wildman–Crippen MR) is 60.3 cm³/mol. The normalized spacial score (nSPS) is 12.7. The van der Waals surface area contributed by atoms with E-state index in [1.54, 1.807) is 23.7 Å². The average Bonchev–Trinajstić information content (AvgIpc) is 2.65. The summed E-state index contributed by atoms with van der Waals surface area (Å²) in [5.41, 5.74) is 1.76. The van der Waals surface area contributed by atoms with Crippen LogP contribution >= 0.6 is 27.3 Å². The lowest BCUT2D eigenvalue weighted by molar-refractivity contribution is 0.220. The zero-order valence-electron chi connectivity index (χ0n) is 7.22. The van der Waals surface area contributed by atoms with Crippen molar-refractivity contribution in [2.45, 2.75) is 6.10 Å². The van der Waals surface area contributed by atoms with Gasteiger partial charge in [0, 0.05) is 27.8 Å². The molecule has 4 heteroatoms. The third kappa shape index (κ3) is 1.87. The van der Waals surface area contributed by atoms with E-state index >= 15 is 0 Å². The molecule has 0 aliphatic heterocycles. The van der Waals surface area contributed by atoms with Crippen LogP contribution in [0.1, 0.15) is 17.2 Å². The van der Waals surface area contributed by atoms with Crippen molar-refractivity contribution in [1.29, 1.82) is 0 Å². The minimum Gasteiger partial charge on any atom is -0.384 e. The molecule has 0 fully saturated rings. The van der Waals surface area contributed by atoms with Gasteiger partial charge in [-0.25, -0.2) is 0 Å². The number of halogens is 1. The second-order valence-electron chi connectivity index (χ2n) is 2.86. The summed E-state index contributed by atoms with van der Waals surface area (Å²) >= 11 is 4.97. The maximum absolute atomic E-state index is 10.0. The topological polar surface area (TPSA) is 33.1 Å². The Kier molecular flexibility index (Phi) is 2.96. The van der Waals surface area contributed by atoms with E-state index in [4.69, 9.17) is 0 Å². The lowest BCUT2D eigenvalue weighted by Crippen LogP contribution is -1.98. The van der Waals surface area contributed by atoms with Crippen molar-refractivity contribution in [3.63, 3.8) is 0 Å². The molecule has 2 aromatic rings. The van der Waals surface area contributed by atoms with E-state index in [1.165, 1.54) is 0 Å². The van der Waals surface area contributed by atoms with Gasteiger partial charge in [-0.2, -0.15) is 11.3 Å². The first kappa shape index (κ1) is 9.83. The highest BCUT2D eigenvalue weighted by atomic mass is 79.9. The first-order valence-electron chi connectivity index (χ1n) is 4.08. The highest BCUT2D eigenvalue weighted by Crippen LogP contribution is 2.30. The molecule has 0 saturated heterocycles. The molecule has 1 N–H and O–H groups in total. The molecule has 14 heavy (non-hydrogen) atoms. The van der Waals surface area contributed by atoms with E-state index in [2.05, 4.69) is 20.9 Å². The van der Waals surface area contributed by atoms with Crippen LogP contribution in [0.5, 0.6) is 0 Å². The Morgan fingerprint density at radius 1 is 1.29 bits per heavy atom. The fourth-order valence-electron chi connectivity index (χ4n) is 1.21. The SMILES string of the molecule is OC(c1ccncc1)c1cscc1Br. The molecule has 2 aromatic heterocycles. The summed E-state index contributed by atoms with van der Waals surface area (Å²) in [5, 5.41) is 13.9. The quantitative estimate of drug-likeness (QED) is 0.910. The van der Waals surface area contributed by atoms with Gasteiger partial charge in [-0.1, -0.05) is 0 Å². The standard InChI is InChI=1S/C10H8BrNOS/c11-9-6-14-5-8(9)10(13)7-1-3-12-4-2-7/h1-6,10,13H. The van der Waals surface area contributed by atoms with Crippen molar-refractivity contribution in [2.24, 2.45) is 0 Å². The van der Waals surface area contributed by atoms with Crippen LogP contribution in [-0.2, 0) is 0 Å². The molecule has 0 radical (unpaired) electrons. The predicted octanol–water partition coefficient (Wildman–Crippen LogP) is 2.99. The fourth-order valence-corrected chi connectivity index (χ4v) is 2.74. The summed E-state index contributed by atoms with van der Waals surface area (Å²) in [6.45, 7) is 0. The highest BCUT2D eigenvalue weighted by molar-refractivity contribution is 9.10. The maximum Gasteiger partial charge on any atom is 0.106 e. The van der Waals surface area contributed by atoms with Crippen LogP contribution in [0.2, 0.25) is 0 Å². The van der Waals surface area contributed by atoms with E-state index < -0.39 is 6.10 Å². The summed E-state index contributed by atoms with van der Waals surface area (Å²) in [4.78, 5) is 3.91. The molecule has 0 aliphatic carbocycles. The lowest BCUT2D eigenvalue weighted by atomic mass is 10.1. The highest BCUT2D eigenvalue weighted by Gasteiger charge is 2.13. The number of aliphatic hydroxyl groups excluding tert-OH is 1. The average molecular weight is 270 g/mol. The van der Waals surface area contributed by atoms with Gasteiger partial charge >= 0.3 is 0 Å². The number of rotatable bonds is 2. The molecule has 0 amide bonds. The number of pyridine rings is 1. The molecule has 0 saturated carbocycles. The number of aliphatic hydroxyl groups is 1. The Morgan fingerprint density at radius 3 is 2.57 bits per heavy atom. The van der Waals surface area contributed by atoms with Crippen molar-refractivity contribution in [2.75, 3.05) is 0 Å². The summed E-state index contributed by atoms with van der Waals surface area (Å²) < 4.78 is 0.951. The van der Waals surface area contributed by atoms with Gasteiger partial charge in [-0.05, 0) is 39.0 Å². The summed E-state index contributed by atoms with van der Waals surface area (Å²) in [7, 11) is 0. The van der Waals surface area contributed by atoms with Crippen molar-refractivity contribution in [1.82, 2.24) is 4.98 Å². The molecule has 2 rings (SSSR count). The van der Waals surface area contributed by atoms with Gasteiger partial charge in [0.25, 0.3) is 0 Å². The Hall–Kier alpha value is -0.710. The molecule has 0 aromatic carbocycles. The largest absolute Gasteiger partial charge is 0.384 e. The van der Waals surface area contributed by atoms with Gasteiger partial charge in [0.15, 0.2) is 0 Å². The smallest absolute Gasteiger partial charge is 0.106 e. The van der Waals surface area contributed by atoms with Gasteiger partial charge in [0.2, 0.25) is 0 Å². The van der Waals surface area contributed by atoms with Gasteiger partial charge in [-0.15, -0.1) is 0 Å². The van der Waals surface area contributed by atoms with Crippen molar-refractivity contribution >= 4 is 27.3 Å². The Labute approximate surface area is 94.4 Å². The number of thiophene rings is 1. The first-order valence-corrected chi connectivity index (χ1v) is 5.82. The van der Waals surface area contributed by atoms with Gasteiger partial charge in [0.1, 0.15) is 6.10 Å².